The molecule has 1 aliphatic carbocycles. The highest BCUT2D eigenvalue weighted by Gasteiger charge is 2.65. The molecule has 5 rings (SSSR count). The molecule has 4 heterocycles. The molecule has 0 amide bonds. The van der Waals surface area contributed by atoms with Gasteiger partial charge in [0.1, 0.15) is 17.2 Å². The molecule has 32 heavy (non-hydrogen) atoms. The van der Waals surface area contributed by atoms with Crippen LogP contribution in [0.3, 0.4) is 0 Å². The maximum Gasteiger partial charge on any atom is 0.398 e. The van der Waals surface area contributed by atoms with Crippen LogP contribution in [0.1, 0.15) is 18.4 Å². The van der Waals surface area contributed by atoms with Crippen LogP contribution in [0, 0.1) is 0 Å². The zero-order valence-corrected chi connectivity index (χ0v) is 17.7. The van der Waals surface area contributed by atoms with Gasteiger partial charge in [-0.3, -0.25) is 4.40 Å². The molecule has 2 fully saturated rings. The normalized spacial score (nSPS) is 22.3. The van der Waals surface area contributed by atoms with Crippen molar-refractivity contribution in [2.24, 2.45) is 0 Å². The van der Waals surface area contributed by atoms with Crippen LogP contribution in [0.15, 0.2) is 36.7 Å². The molecule has 1 aliphatic heterocycles. The maximum absolute atomic E-state index is 13.8. The number of imidazole rings is 1. The maximum atomic E-state index is 13.8. The summed E-state index contributed by atoms with van der Waals surface area (Å²) < 4.78 is 54.0. The monoisotopic (exact) mass is 447 g/mol. The van der Waals surface area contributed by atoms with Gasteiger partial charge in [-0.15, -0.1) is 0 Å². The quantitative estimate of drug-likeness (QED) is 0.604. The Morgan fingerprint density at radius 2 is 2.03 bits per heavy atom. The molecule has 2 N–H and O–H groups in total. The Bertz CT molecular complexity index is 1140. The van der Waals surface area contributed by atoms with Crippen molar-refractivity contribution >= 4 is 11.5 Å². The van der Waals surface area contributed by atoms with Crippen LogP contribution < -0.4 is 15.4 Å². The topological polar surface area (TPSA) is 72.7 Å². The lowest BCUT2D eigenvalue weighted by Gasteiger charge is -2.22. The zero-order chi connectivity index (χ0) is 22.5. The first-order valence-corrected chi connectivity index (χ1v) is 10.5. The van der Waals surface area contributed by atoms with Crippen molar-refractivity contribution in [3.8, 4) is 17.1 Å². The van der Waals surface area contributed by atoms with Gasteiger partial charge in [-0.1, -0.05) is 6.07 Å². The summed E-state index contributed by atoms with van der Waals surface area (Å²) >= 11 is 0. The zero-order valence-electron chi connectivity index (χ0n) is 17.7. The van der Waals surface area contributed by atoms with Gasteiger partial charge in [0.25, 0.3) is 0 Å². The van der Waals surface area contributed by atoms with Gasteiger partial charge in [0, 0.05) is 38.0 Å². The first kappa shape index (κ1) is 21.0. The smallest absolute Gasteiger partial charge is 0.398 e. The van der Waals surface area contributed by atoms with E-state index in [1.807, 2.05) is 18.2 Å². The average Bonchev–Trinajstić information content (AvgIpc) is 3.32. The molecule has 3 aromatic rings. The molecule has 7 nitrogen and oxygen atoms in total. The summed E-state index contributed by atoms with van der Waals surface area (Å²) in [6, 6.07) is 7.16. The van der Waals surface area contributed by atoms with E-state index < -0.39 is 11.6 Å². The third kappa shape index (κ3) is 3.38. The molecular formula is C22H24F3N5O2. The van der Waals surface area contributed by atoms with Crippen molar-refractivity contribution in [3.63, 3.8) is 0 Å². The number of aromatic nitrogens is 3. The lowest BCUT2D eigenvalue weighted by Crippen LogP contribution is -2.33. The van der Waals surface area contributed by atoms with E-state index in [1.54, 1.807) is 23.8 Å². The summed E-state index contributed by atoms with van der Waals surface area (Å²) in [5, 5.41) is 6.65. The van der Waals surface area contributed by atoms with Gasteiger partial charge < -0.3 is 20.1 Å². The van der Waals surface area contributed by atoms with E-state index in [9.17, 15) is 13.2 Å². The van der Waals surface area contributed by atoms with Crippen LogP contribution in [0.4, 0.5) is 19.0 Å². The first-order chi connectivity index (χ1) is 15.4. The van der Waals surface area contributed by atoms with E-state index in [4.69, 9.17) is 9.47 Å². The molecule has 2 aliphatic rings. The number of rotatable bonds is 6. The van der Waals surface area contributed by atoms with Crippen LogP contribution >= 0.6 is 0 Å². The highest BCUT2D eigenvalue weighted by Crippen LogP contribution is 2.60. The Kier molecular flexibility index (Phi) is 5.01. The number of alkyl halides is 3. The molecule has 3 aromatic heterocycles. The number of hydrogen-bond donors (Lipinski definition) is 2. The number of ether oxygens (including phenoxy) is 2. The van der Waals surface area contributed by atoms with Crippen LogP contribution in [0.5, 0.6) is 5.75 Å². The molecule has 0 spiro atoms. The molecule has 1 saturated carbocycles. The van der Waals surface area contributed by atoms with Crippen molar-refractivity contribution in [1.29, 1.82) is 0 Å². The highest BCUT2D eigenvalue weighted by atomic mass is 19.4. The number of methoxy groups -OCH3 is 2. The van der Waals surface area contributed by atoms with Crippen LogP contribution in [-0.2, 0) is 10.2 Å². The fourth-order valence-corrected chi connectivity index (χ4v) is 4.45. The van der Waals surface area contributed by atoms with Crippen molar-refractivity contribution in [2.75, 3.05) is 32.6 Å². The second-order valence-electron chi connectivity index (χ2n) is 8.30. The van der Waals surface area contributed by atoms with Crippen LogP contribution in [-0.4, -0.2) is 60.0 Å². The van der Waals surface area contributed by atoms with Gasteiger partial charge in [0.15, 0.2) is 0 Å². The molecular weight excluding hydrogens is 423 g/mol. The second kappa shape index (κ2) is 7.63. The number of hydrogen-bond acceptors (Lipinski definition) is 6. The molecule has 170 valence electrons. The van der Waals surface area contributed by atoms with Crippen molar-refractivity contribution in [3.05, 3.63) is 42.2 Å². The van der Waals surface area contributed by atoms with Gasteiger partial charge >= 0.3 is 6.18 Å². The molecule has 10 heteroatoms. The molecule has 0 radical (unpaired) electrons. The summed E-state index contributed by atoms with van der Waals surface area (Å²) in [4.78, 5) is 9.07. The van der Waals surface area contributed by atoms with E-state index in [1.165, 1.54) is 13.3 Å². The Labute approximate surface area is 183 Å². The van der Waals surface area contributed by atoms with E-state index in [0.717, 1.165) is 13.1 Å². The third-order valence-electron chi connectivity index (χ3n) is 6.44. The second-order valence-corrected chi connectivity index (χ2v) is 8.30. The number of nitrogens with one attached hydrogen (secondary N) is 2. The standard InChI is InChI=1S/C22H24F3N5O2/c1-31-17-8-20-27-10-16(30(20)12-13(17)21(6-7-21)22(23,24)25)14-4-3-5-19(28-14)29-15-9-26-11-18(15)32-2/h3-5,8,10,12,15,18,26H,6-7,9,11H2,1-2H3,(H,28,29). The summed E-state index contributed by atoms with van der Waals surface area (Å²) in [7, 11) is 3.06. The summed E-state index contributed by atoms with van der Waals surface area (Å²) in [5.41, 5.74) is -0.0179. The Morgan fingerprint density at radius 3 is 2.72 bits per heavy atom. The minimum atomic E-state index is -4.34. The summed E-state index contributed by atoms with van der Waals surface area (Å²) in [6.45, 7) is 1.51. The van der Waals surface area contributed by atoms with Crippen molar-refractivity contribution < 1.29 is 22.6 Å². The summed E-state index contributed by atoms with van der Waals surface area (Å²) in [6.07, 6.45) is -1.09. The molecule has 0 bridgehead atoms. The molecule has 2 atom stereocenters. The Hall–Kier alpha value is -2.85. The van der Waals surface area contributed by atoms with Gasteiger partial charge in [-0.25, -0.2) is 9.97 Å². The van der Waals surface area contributed by atoms with Crippen molar-refractivity contribution in [2.45, 2.75) is 36.6 Å². The van der Waals surface area contributed by atoms with E-state index in [-0.39, 0.29) is 36.3 Å². The average molecular weight is 447 g/mol. The molecule has 0 aromatic carbocycles. The fourth-order valence-electron chi connectivity index (χ4n) is 4.45. The van der Waals surface area contributed by atoms with E-state index in [0.29, 0.717) is 22.9 Å². The molecule has 1 saturated heterocycles. The number of fused-ring (bicyclic) bond motifs is 1. The Balaban J connectivity index is 1.54. The largest absolute Gasteiger partial charge is 0.496 e. The Morgan fingerprint density at radius 1 is 1.22 bits per heavy atom. The predicted molar refractivity (Wildman–Crippen MR) is 113 cm³/mol. The van der Waals surface area contributed by atoms with Crippen LogP contribution in [0.25, 0.3) is 17.0 Å². The SMILES string of the molecule is COc1cc2ncc(-c3cccc(NC4CNCC4OC)n3)n2cc1C1(C(F)(F)F)CC1. The minimum absolute atomic E-state index is 0.0309. The number of halogens is 3. The minimum Gasteiger partial charge on any atom is -0.496 e. The molecule has 2 unspecified atom stereocenters. The van der Waals surface area contributed by atoms with Gasteiger partial charge in [-0.2, -0.15) is 13.2 Å². The third-order valence-corrected chi connectivity index (χ3v) is 6.44. The highest BCUT2D eigenvalue weighted by molar-refractivity contribution is 5.64. The van der Waals surface area contributed by atoms with Gasteiger partial charge in [-0.05, 0) is 25.0 Å². The van der Waals surface area contributed by atoms with E-state index >= 15 is 0 Å². The lowest BCUT2D eigenvalue weighted by atomic mass is 9.96. The number of pyridine rings is 2. The predicted octanol–water partition coefficient (Wildman–Crippen LogP) is 3.40. The van der Waals surface area contributed by atoms with Crippen LogP contribution in [0.2, 0.25) is 0 Å². The fraction of sp³-hybridized carbons (Fsp3) is 0.455. The number of anilines is 1. The van der Waals surface area contributed by atoms with Gasteiger partial charge in [0.2, 0.25) is 0 Å². The van der Waals surface area contributed by atoms with Crippen molar-refractivity contribution in [1.82, 2.24) is 19.7 Å². The number of nitrogens with zero attached hydrogens (tertiary/aromatic N) is 3. The van der Waals surface area contributed by atoms with E-state index in [2.05, 4.69) is 20.6 Å². The lowest BCUT2D eigenvalue weighted by molar-refractivity contribution is -0.161. The first-order valence-electron chi connectivity index (χ1n) is 10.5. The summed E-state index contributed by atoms with van der Waals surface area (Å²) in [5.74, 6) is 0.864. The van der Waals surface area contributed by atoms with Gasteiger partial charge in [0.05, 0.1) is 42.3 Å².